The van der Waals surface area contributed by atoms with Crippen LogP contribution in [0.2, 0.25) is 0 Å². The highest BCUT2D eigenvalue weighted by Crippen LogP contribution is 2.48. The third kappa shape index (κ3) is 6.52. The van der Waals surface area contributed by atoms with Gasteiger partial charge in [0, 0.05) is 52.2 Å². The highest BCUT2D eigenvalue weighted by atomic mass is 32.2. The normalized spacial score (nSPS) is 19.6. The molecular weight excluding hydrogens is 669 g/mol. The van der Waals surface area contributed by atoms with Gasteiger partial charge in [0.05, 0.1) is 5.41 Å². The molecule has 3 heterocycles. The Morgan fingerprint density at radius 3 is 2.32 bits per heavy atom. The molecular formula is C43H45N4S3+. The topological polar surface area (TPSA) is 32.0 Å². The average Bonchev–Trinajstić information content (AvgIpc) is 3.71. The van der Waals surface area contributed by atoms with Gasteiger partial charge in [0.25, 0.3) is 0 Å². The smallest absolute Gasteiger partial charge is 0.209 e. The SMILES string of the molecule is C=Cc1ccc(CSc2nnc(SC3=C(C=CC4=[N+](C)c5ccccc5C4(C)C)CCCC3=CC=C3N(C)c4ccccc4C3(C)C)s2)cc1. The molecule has 0 radical (unpaired) electrons. The molecule has 7 rings (SSSR count). The van der Waals surface area contributed by atoms with Crippen molar-refractivity contribution in [2.24, 2.45) is 0 Å². The summed E-state index contributed by atoms with van der Waals surface area (Å²) in [6, 6.07) is 26.1. The summed E-state index contributed by atoms with van der Waals surface area (Å²) >= 11 is 5.23. The van der Waals surface area contributed by atoms with Crippen molar-refractivity contribution in [2.75, 3.05) is 19.0 Å². The van der Waals surface area contributed by atoms with Gasteiger partial charge in [-0.2, -0.15) is 4.58 Å². The van der Waals surface area contributed by atoms with E-state index in [4.69, 9.17) is 5.10 Å². The summed E-state index contributed by atoms with van der Waals surface area (Å²) in [5.41, 5.74) is 13.0. The molecule has 0 spiro atoms. The maximum atomic E-state index is 4.69. The Hall–Kier alpha value is -3.91. The fraction of sp³-hybridized carbons (Fsp3) is 0.279. The van der Waals surface area contributed by atoms with Gasteiger partial charge in [0.2, 0.25) is 5.69 Å². The van der Waals surface area contributed by atoms with E-state index in [1.165, 1.54) is 55.5 Å². The zero-order valence-electron chi connectivity index (χ0n) is 29.9. The van der Waals surface area contributed by atoms with E-state index in [1.807, 2.05) is 6.08 Å². The predicted molar refractivity (Wildman–Crippen MR) is 216 cm³/mol. The van der Waals surface area contributed by atoms with E-state index in [-0.39, 0.29) is 10.8 Å². The van der Waals surface area contributed by atoms with Crippen molar-refractivity contribution in [3.05, 3.63) is 148 Å². The standard InChI is InChI=1S/C43H45N4S3/c1-8-29-20-22-30(23-21-29)28-48-40-44-45-41(50-40)49-39-31(24-26-37-42(2,3)33-16-9-11-18-35(33)46(37)6)14-13-15-32(39)25-27-38-43(4,5)34-17-10-12-19-36(34)47(38)7/h8-12,16-27H,1,13-15,28H2,2-7H3/q+1. The second-order valence-corrected chi connectivity index (χ2v) is 17.7. The van der Waals surface area contributed by atoms with E-state index in [1.54, 1.807) is 34.9 Å². The van der Waals surface area contributed by atoms with Gasteiger partial charge < -0.3 is 4.90 Å². The average molecular weight is 714 g/mol. The number of fused-ring (bicyclic) bond motifs is 2. The number of hydrogen-bond acceptors (Lipinski definition) is 6. The van der Waals surface area contributed by atoms with Gasteiger partial charge in [-0.25, -0.2) is 0 Å². The zero-order chi connectivity index (χ0) is 35.0. The summed E-state index contributed by atoms with van der Waals surface area (Å²) in [5.74, 6) is 0.863. The minimum atomic E-state index is -0.0710. The number of benzene rings is 3. The summed E-state index contributed by atoms with van der Waals surface area (Å²) in [5, 5.41) is 9.30. The molecule has 50 heavy (non-hydrogen) atoms. The minimum absolute atomic E-state index is 0.0710. The first-order valence-electron chi connectivity index (χ1n) is 17.3. The van der Waals surface area contributed by atoms with Gasteiger partial charge in [-0.15, -0.1) is 10.2 Å². The first-order chi connectivity index (χ1) is 24.1. The summed E-state index contributed by atoms with van der Waals surface area (Å²) in [6.45, 7) is 13.2. The van der Waals surface area contributed by atoms with Crippen LogP contribution in [0.3, 0.4) is 0 Å². The second-order valence-electron chi connectivity index (χ2n) is 14.2. The lowest BCUT2D eigenvalue weighted by Gasteiger charge is -2.25. The molecule has 4 nitrogen and oxygen atoms in total. The first kappa shape index (κ1) is 34.5. The fourth-order valence-electron chi connectivity index (χ4n) is 7.59. The van der Waals surface area contributed by atoms with Crippen molar-refractivity contribution in [1.82, 2.24) is 10.2 Å². The molecule has 0 saturated heterocycles. The summed E-state index contributed by atoms with van der Waals surface area (Å²) in [6.07, 6.45) is 14.6. The number of hydrogen-bond donors (Lipinski definition) is 0. The van der Waals surface area contributed by atoms with Gasteiger partial charge in [0.1, 0.15) is 7.05 Å². The van der Waals surface area contributed by atoms with Crippen LogP contribution in [-0.4, -0.2) is 34.6 Å². The maximum Gasteiger partial charge on any atom is 0.209 e. The largest absolute Gasteiger partial charge is 0.347 e. The molecule has 0 saturated carbocycles. The highest BCUT2D eigenvalue weighted by molar-refractivity contribution is 8.05. The Balaban J connectivity index is 1.22. The number of thioether (sulfide) groups is 2. The molecule has 0 amide bonds. The third-order valence-corrected chi connectivity index (χ3v) is 13.8. The molecule has 3 aliphatic rings. The third-order valence-electron chi connectivity index (χ3n) is 10.4. The number of anilines is 1. The molecule has 7 heteroatoms. The van der Waals surface area contributed by atoms with Crippen LogP contribution in [0.4, 0.5) is 11.4 Å². The molecule has 4 aromatic rings. The minimum Gasteiger partial charge on any atom is -0.347 e. The Labute approximate surface area is 310 Å². The lowest BCUT2D eigenvalue weighted by Crippen LogP contribution is -2.26. The number of nitrogens with zero attached hydrogens (tertiary/aromatic N) is 4. The van der Waals surface area contributed by atoms with Crippen molar-refractivity contribution >= 4 is 58.0 Å². The van der Waals surface area contributed by atoms with Gasteiger partial charge in [-0.05, 0) is 73.1 Å². The molecule has 2 aliphatic heterocycles. The maximum absolute atomic E-state index is 4.69. The number of aromatic nitrogens is 2. The quantitative estimate of drug-likeness (QED) is 0.127. The number of rotatable bonds is 9. The van der Waals surface area contributed by atoms with Crippen LogP contribution < -0.4 is 4.90 Å². The van der Waals surface area contributed by atoms with Crippen LogP contribution in [0, 0.1) is 0 Å². The number of para-hydroxylation sites is 2. The molecule has 0 atom stereocenters. The van der Waals surface area contributed by atoms with E-state index in [9.17, 15) is 0 Å². The van der Waals surface area contributed by atoms with Crippen LogP contribution in [-0.2, 0) is 16.6 Å². The summed E-state index contributed by atoms with van der Waals surface area (Å²) in [7, 11) is 4.39. The van der Waals surface area contributed by atoms with Crippen molar-refractivity contribution in [2.45, 2.75) is 72.2 Å². The molecule has 0 N–H and O–H groups in total. The van der Waals surface area contributed by atoms with Crippen LogP contribution in [0.25, 0.3) is 6.08 Å². The number of allylic oxidation sites excluding steroid dienone is 7. The van der Waals surface area contributed by atoms with E-state index in [0.717, 1.165) is 39.3 Å². The lowest BCUT2D eigenvalue weighted by atomic mass is 9.81. The first-order valence-corrected chi connectivity index (χ1v) is 19.9. The van der Waals surface area contributed by atoms with E-state index in [2.05, 4.69) is 160 Å². The van der Waals surface area contributed by atoms with E-state index >= 15 is 0 Å². The second kappa shape index (κ2) is 14.0. The molecule has 1 aliphatic carbocycles. The van der Waals surface area contributed by atoms with Gasteiger partial charge >= 0.3 is 0 Å². The molecule has 0 bridgehead atoms. The molecule has 0 fully saturated rings. The van der Waals surface area contributed by atoms with E-state index < -0.39 is 0 Å². The zero-order valence-corrected chi connectivity index (χ0v) is 32.3. The summed E-state index contributed by atoms with van der Waals surface area (Å²) < 4.78 is 4.34. The molecule has 254 valence electrons. The van der Waals surface area contributed by atoms with Gasteiger partial charge in [0.15, 0.2) is 14.4 Å². The van der Waals surface area contributed by atoms with Crippen LogP contribution in [0.5, 0.6) is 0 Å². The van der Waals surface area contributed by atoms with Crippen LogP contribution >= 0.6 is 34.9 Å². The predicted octanol–water partition coefficient (Wildman–Crippen LogP) is 11.5. The van der Waals surface area contributed by atoms with Crippen molar-refractivity contribution in [3.8, 4) is 0 Å². The summed E-state index contributed by atoms with van der Waals surface area (Å²) in [4.78, 5) is 3.67. The Kier molecular flexibility index (Phi) is 9.68. The van der Waals surface area contributed by atoms with Gasteiger partial charge in [-0.3, -0.25) is 0 Å². The van der Waals surface area contributed by atoms with Crippen molar-refractivity contribution in [3.63, 3.8) is 0 Å². The Morgan fingerprint density at radius 2 is 1.58 bits per heavy atom. The van der Waals surface area contributed by atoms with Crippen molar-refractivity contribution < 1.29 is 4.58 Å². The van der Waals surface area contributed by atoms with Gasteiger partial charge in [-0.1, -0.05) is 134 Å². The Morgan fingerprint density at radius 1 is 0.860 bits per heavy atom. The fourth-order valence-corrected chi connectivity index (χ4v) is 10.8. The van der Waals surface area contributed by atoms with Crippen LogP contribution in [0.1, 0.15) is 69.2 Å². The molecule has 0 unspecified atom stereocenters. The van der Waals surface area contributed by atoms with E-state index in [0.29, 0.717) is 0 Å². The lowest BCUT2D eigenvalue weighted by molar-refractivity contribution is -0.401. The van der Waals surface area contributed by atoms with Crippen LogP contribution in [0.15, 0.2) is 134 Å². The molecule has 3 aromatic carbocycles. The van der Waals surface area contributed by atoms with Crippen molar-refractivity contribution in [1.29, 1.82) is 0 Å². The highest BCUT2D eigenvalue weighted by Gasteiger charge is 2.42. The Bertz CT molecular complexity index is 2110. The molecule has 1 aromatic heterocycles. The number of likely N-dealkylation sites (N-methyl/N-ethyl adjacent to an activating group) is 1. The monoisotopic (exact) mass is 713 g/mol.